The van der Waals surface area contributed by atoms with Crippen LogP contribution >= 0.6 is 0 Å². The van der Waals surface area contributed by atoms with Crippen molar-refractivity contribution in [1.82, 2.24) is 10.2 Å². The van der Waals surface area contributed by atoms with Crippen molar-refractivity contribution in [3.05, 3.63) is 35.6 Å². The Balaban J connectivity index is 2.53. The highest BCUT2D eigenvalue weighted by Gasteiger charge is 2.14. The van der Waals surface area contributed by atoms with Crippen molar-refractivity contribution in [2.24, 2.45) is 0 Å². The van der Waals surface area contributed by atoms with Crippen LogP contribution in [0.3, 0.4) is 0 Å². The van der Waals surface area contributed by atoms with Crippen molar-refractivity contribution in [2.45, 2.75) is 19.9 Å². The Labute approximate surface area is 113 Å². The molecule has 0 aliphatic heterocycles. The number of rotatable bonds is 6. The van der Waals surface area contributed by atoms with Crippen molar-refractivity contribution in [3.8, 4) is 0 Å². The fraction of sp³-hybridized carbons (Fsp3) is 0.500. The van der Waals surface area contributed by atoms with E-state index in [1.807, 2.05) is 0 Å². The van der Waals surface area contributed by atoms with E-state index in [9.17, 15) is 9.18 Å². The fourth-order valence-electron chi connectivity index (χ4n) is 1.95. The predicted octanol–water partition coefficient (Wildman–Crippen LogP) is 2.56. The molecule has 0 radical (unpaired) electrons. The second-order valence-corrected chi connectivity index (χ2v) is 4.27. The van der Waals surface area contributed by atoms with Crippen molar-refractivity contribution in [2.75, 3.05) is 26.7 Å². The lowest BCUT2D eigenvalue weighted by Crippen LogP contribution is -2.36. The second kappa shape index (κ2) is 7.74. The number of halogens is 1. The largest absolute Gasteiger partial charge is 0.453 e. The summed E-state index contributed by atoms with van der Waals surface area (Å²) in [5, 5.41) is 2.65. The molecular weight excluding hydrogens is 247 g/mol. The van der Waals surface area contributed by atoms with Gasteiger partial charge >= 0.3 is 6.09 Å². The Hall–Kier alpha value is -1.62. The first-order chi connectivity index (χ1) is 9.08. The Kier molecular flexibility index (Phi) is 6.29. The summed E-state index contributed by atoms with van der Waals surface area (Å²) in [5.41, 5.74) is 1.06. The molecule has 0 aliphatic rings. The SMILES string of the molecule is CCN(CCNC(=O)OC)[C@@H](C)c1ccc(F)cc1. The van der Waals surface area contributed by atoms with E-state index in [2.05, 4.69) is 28.8 Å². The number of ether oxygens (including phenoxy) is 1. The highest BCUT2D eigenvalue weighted by Crippen LogP contribution is 2.19. The number of methoxy groups -OCH3 is 1. The fourth-order valence-corrected chi connectivity index (χ4v) is 1.95. The standard InChI is InChI=1S/C14H21FN2O2/c1-4-17(10-9-16-14(18)19-3)11(2)12-5-7-13(15)8-6-12/h5-8,11H,4,9-10H2,1-3H3,(H,16,18)/t11-/m0/s1. The third-order valence-electron chi connectivity index (χ3n) is 3.16. The predicted molar refractivity (Wildman–Crippen MR) is 72.5 cm³/mol. The van der Waals surface area contributed by atoms with Gasteiger partial charge in [-0.2, -0.15) is 0 Å². The Morgan fingerprint density at radius 3 is 2.58 bits per heavy atom. The van der Waals surface area contributed by atoms with Crippen LogP contribution in [-0.4, -0.2) is 37.7 Å². The van der Waals surface area contributed by atoms with Gasteiger partial charge in [-0.25, -0.2) is 9.18 Å². The number of likely N-dealkylation sites (N-methyl/N-ethyl adjacent to an activating group) is 1. The van der Waals surface area contributed by atoms with Crippen molar-refractivity contribution >= 4 is 6.09 Å². The van der Waals surface area contributed by atoms with E-state index in [4.69, 9.17) is 0 Å². The van der Waals surface area contributed by atoms with Crippen LogP contribution in [0.25, 0.3) is 0 Å². The van der Waals surface area contributed by atoms with Gasteiger partial charge in [-0.15, -0.1) is 0 Å². The van der Waals surface area contributed by atoms with E-state index in [-0.39, 0.29) is 11.9 Å². The number of carbonyl (C=O) groups is 1. The smallest absolute Gasteiger partial charge is 0.406 e. The number of benzene rings is 1. The normalized spacial score (nSPS) is 12.3. The highest BCUT2D eigenvalue weighted by molar-refractivity contribution is 5.66. The summed E-state index contributed by atoms with van der Waals surface area (Å²) in [6.07, 6.45) is -0.425. The number of amides is 1. The summed E-state index contributed by atoms with van der Waals surface area (Å²) >= 11 is 0. The number of nitrogens with zero attached hydrogens (tertiary/aromatic N) is 1. The maximum absolute atomic E-state index is 12.9. The van der Waals surface area contributed by atoms with Gasteiger partial charge in [0.1, 0.15) is 5.82 Å². The van der Waals surface area contributed by atoms with Gasteiger partial charge in [-0.1, -0.05) is 19.1 Å². The lowest BCUT2D eigenvalue weighted by molar-refractivity contribution is 0.165. The lowest BCUT2D eigenvalue weighted by Gasteiger charge is -2.28. The first kappa shape index (κ1) is 15.4. The topological polar surface area (TPSA) is 41.6 Å². The number of hydrogen-bond acceptors (Lipinski definition) is 3. The molecule has 4 nitrogen and oxygen atoms in total. The molecule has 0 saturated heterocycles. The zero-order chi connectivity index (χ0) is 14.3. The summed E-state index contributed by atoms with van der Waals surface area (Å²) in [4.78, 5) is 13.2. The molecule has 0 saturated carbocycles. The summed E-state index contributed by atoms with van der Waals surface area (Å²) in [5.74, 6) is -0.230. The number of carbonyl (C=O) groups excluding carboxylic acids is 1. The summed E-state index contributed by atoms with van der Waals surface area (Å²) in [6, 6.07) is 6.68. The van der Waals surface area contributed by atoms with Crippen molar-refractivity contribution < 1.29 is 13.9 Å². The van der Waals surface area contributed by atoms with Crippen molar-refractivity contribution in [3.63, 3.8) is 0 Å². The van der Waals surface area contributed by atoms with Gasteiger partial charge in [0, 0.05) is 19.1 Å². The van der Waals surface area contributed by atoms with Crippen LogP contribution in [0.15, 0.2) is 24.3 Å². The maximum atomic E-state index is 12.9. The summed E-state index contributed by atoms with van der Waals surface area (Å²) in [6.45, 7) is 6.20. The molecule has 0 heterocycles. The monoisotopic (exact) mass is 268 g/mol. The van der Waals surface area contributed by atoms with E-state index >= 15 is 0 Å². The molecule has 106 valence electrons. The molecule has 1 rings (SSSR count). The Morgan fingerprint density at radius 2 is 2.05 bits per heavy atom. The molecule has 0 fully saturated rings. The van der Waals surface area contributed by atoms with Gasteiger partial charge in [-0.3, -0.25) is 4.90 Å². The number of nitrogens with one attached hydrogen (secondary N) is 1. The molecule has 1 amide bonds. The average molecular weight is 268 g/mol. The van der Waals surface area contributed by atoms with Crippen LogP contribution in [0.2, 0.25) is 0 Å². The average Bonchev–Trinajstić information content (AvgIpc) is 2.43. The minimum atomic E-state index is -0.425. The molecule has 0 aromatic heterocycles. The highest BCUT2D eigenvalue weighted by atomic mass is 19.1. The molecule has 1 atom stereocenters. The van der Waals surface area contributed by atoms with Gasteiger partial charge in [0.05, 0.1) is 7.11 Å². The maximum Gasteiger partial charge on any atom is 0.406 e. The van der Waals surface area contributed by atoms with Crippen LogP contribution in [-0.2, 0) is 4.74 Å². The van der Waals surface area contributed by atoms with Crippen LogP contribution in [0, 0.1) is 5.82 Å². The minimum Gasteiger partial charge on any atom is -0.453 e. The molecule has 1 aromatic carbocycles. The van der Waals surface area contributed by atoms with Crippen LogP contribution in [0.1, 0.15) is 25.5 Å². The van der Waals surface area contributed by atoms with Crippen LogP contribution < -0.4 is 5.32 Å². The third kappa shape index (κ3) is 4.87. The molecule has 0 bridgehead atoms. The zero-order valence-corrected chi connectivity index (χ0v) is 11.6. The van der Waals surface area contributed by atoms with Gasteiger partial charge in [0.15, 0.2) is 0 Å². The quantitative estimate of drug-likeness (QED) is 0.862. The van der Waals surface area contributed by atoms with Gasteiger partial charge in [-0.05, 0) is 31.2 Å². The minimum absolute atomic E-state index is 0.171. The van der Waals surface area contributed by atoms with Gasteiger partial charge < -0.3 is 10.1 Å². The first-order valence-electron chi connectivity index (χ1n) is 6.39. The van der Waals surface area contributed by atoms with Gasteiger partial charge in [0.2, 0.25) is 0 Å². The molecule has 0 spiro atoms. The molecule has 1 N–H and O–H groups in total. The zero-order valence-electron chi connectivity index (χ0n) is 11.6. The van der Waals surface area contributed by atoms with E-state index in [0.717, 1.165) is 12.1 Å². The van der Waals surface area contributed by atoms with Gasteiger partial charge in [0.25, 0.3) is 0 Å². The van der Waals surface area contributed by atoms with Crippen LogP contribution in [0.4, 0.5) is 9.18 Å². The number of alkyl carbamates (subject to hydrolysis) is 1. The van der Waals surface area contributed by atoms with E-state index in [1.165, 1.54) is 19.2 Å². The van der Waals surface area contributed by atoms with E-state index in [0.29, 0.717) is 13.1 Å². The molecule has 0 unspecified atom stereocenters. The summed E-state index contributed by atoms with van der Waals surface area (Å²) in [7, 11) is 1.34. The molecule has 19 heavy (non-hydrogen) atoms. The molecule has 5 heteroatoms. The number of hydrogen-bond donors (Lipinski definition) is 1. The van der Waals surface area contributed by atoms with Crippen LogP contribution in [0.5, 0.6) is 0 Å². The second-order valence-electron chi connectivity index (χ2n) is 4.27. The van der Waals surface area contributed by atoms with Crippen molar-refractivity contribution in [1.29, 1.82) is 0 Å². The molecule has 1 aromatic rings. The summed E-state index contributed by atoms with van der Waals surface area (Å²) < 4.78 is 17.4. The first-order valence-corrected chi connectivity index (χ1v) is 6.39. The van der Waals surface area contributed by atoms with E-state index in [1.54, 1.807) is 12.1 Å². The Bertz CT molecular complexity index is 395. The third-order valence-corrected chi connectivity index (χ3v) is 3.16. The molecule has 0 aliphatic carbocycles. The van der Waals surface area contributed by atoms with E-state index < -0.39 is 6.09 Å². The molecular formula is C14H21FN2O2. The lowest BCUT2D eigenvalue weighted by atomic mass is 10.1. The Morgan fingerprint density at radius 1 is 1.42 bits per heavy atom.